The van der Waals surface area contributed by atoms with Crippen LogP contribution < -0.4 is 42.5 Å². The molecule has 5 heterocycles. The largest absolute Gasteiger partial charge is 0.523 e. The highest BCUT2D eigenvalue weighted by Crippen LogP contribution is 2.46. The maximum absolute atomic E-state index is 13.6. The molecule has 17 unspecified atom stereocenters. The smallest absolute Gasteiger partial charge is 0.286 e. The van der Waals surface area contributed by atoms with Crippen molar-refractivity contribution in [2.75, 3.05) is 0 Å². The van der Waals surface area contributed by atoms with E-state index in [4.69, 9.17) is 4.18 Å². The van der Waals surface area contributed by atoms with E-state index in [1.165, 1.54) is 51.4 Å². The van der Waals surface area contributed by atoms with E-state index in [-0.39, 0.29) is 55.5 Å². The van der Waals surface area contributed by atoms with E-state index >= 15 is 0 Å². The van der Waals surface area contributed by atoms with E-state index in [1.807, 2.05) is 0 Å². The van der Waals surface area contributed by atoms with Crippen molar-refractivity contribution in [3.8, 4) is 0 Å². The molecule has 9 fully saturated rings. The van der Waals surface area contributed by atoms with Gasteiger partial charge in [0.2, 0.25) is 0 Å². The third kappa shape index (κ3) is 5.78. The summed E-state index contributed by atoms with van der Waals surface area (Å²) in [5.74, 6) is 2.40. The first-order chi connectivity index (χ1) is 23.1. The first-order valence-corrected chi connectivity index (χ1v) is 20.6. The van der Waals surface area contributed by atoms with Crippen molar-refractivity contribution in [2.45, 2.75) is 157 Å². The zero-order valence-electron chi connectivity index (χ0n) is 27.7. The van der Waals surface area contributed by atoms with Gasteiger partial charge in [0.1, 0.15) is 0 Å². The van der Waals surface area contributed by atoms with Crippen LogP contribution in [-0.2, 0) is 14.3 Å². The fourth-order valence-corrected chi connectivity index (χ4v) is 13.0. The number of hydrogen-bond acceptors (Lipinski definition) is 11. The average molecular weight is 701 g/mol. The lowest BCUT2D eigenvalue weighted by atomic mass is 9.75. The molecule has 9 rings (SSSR count). The molecule has 9 aliphatic rings. The minimum absolute atomic E-state index is 0.0476. The SMILES string of the molecule is O=S(=O)(OC1CCCC2C3NC4NC(NC5NC(NC6NC(NC(N3)C12)C1CCCCC61)C1CCCCC51)C1CCCCC41)C(F)(F)F. The monoisotopic (exact) mass is 700 g/mol. The van der Waals surface area contributed by atoms with Gasteiger partial charge in [-0.15, -0.1) is 0 Å². The Morgan fingerprint density at radius 3 is 1.04 bits per heavy atom. The average Bonchev–Trinajstić information content (AvgIpc) is 3.80. The summed E-state index contributed by atoms with van der Waals surface area (Å²) < 4.78 is 70.7. The molecular formula is C33H55F3N8O3S. The summed E-state index contributed by atoms with van der Waals surface area (Å²) >= 11 is 0. The molecule has 4 saturated carbocycles. The van der Waals surface area contributed by atoms with Crippen LogP contribution in [-0.4, -0.2) is 69.4 Å². The van der Waals surface area contributed by atoms with Crippen LogP contribution in [0.2, 0.25) is 0 Å². The summed E-state index contributed by atoms with van der Waals surface area (Å²) in [5.41, 5.74) is -5.45. The normalized spacial score (nSPS) is 52.3. The van der Waals surface area contributed by atoms with Crippen LogP contribution in [0.4, 0.5) is 13.2 Å². The Balaban J connectivity index is 1.06. The number of rotatable bonds is 2. The predicted molar refractivity (Wildman–Crippen MR) is 172 cm³/mol. The fraction of sp³-hybridized carbons (Fsp3) is 1.00. The lowest BCUT2D eigenvalue weighted by Gasteiger charge is -2.38. The molecule has 5 aliphatic heterocycles. The van der Waals surface area contributed by atoms with Crippen LogP contribution in [0.1, 0.15) is 96.3 Å². The van der Waals surface area contributed by atoms with Crippen molar-refractivity contribution < 1.29 is 25.8 Å². The van der Waals surface area contributed by atoms with Gasteiger partial charge in [0.25, 0.3) is 0 Å². The molecule has 17 atom stereocenters. The molecule has 272 valence electrons. The van der Waals surface area contributed by atoms with Crippen LogP contribution in [0.15, 0.2) is 0 Å². The second-order valence-electron chi connectivity index (χ2n) is 16.7. The second kappa shape index (κ2) is 12.8. The van der Waals surface area contributed by atoms with Crippen molar-refractivity contribution in [2.24, 2.45) is 47.3 Å². The molecule has 5 saturated heterocycles. The highest BCUT2D eigenvalue weighted by molar-refractivity contribution is 7.87. The van der Waals surface area contributed by atoms with Gasteiger partial charge in [-0.2, -0.15) is 21.6 Å². The number of hydrogen-bond donors (Lipinski definition) is 8. The summed E-state index contributed by atoms with van der Waals surface area (Å²) in [4.78, 5) is 0. The van der Waals surface area contributed by atoms with Gasteiger partial charge in [-0.05, 0) is 92.8 Å². The Labute approximate surface area is 282 Å². The third-order valence-corrected chi connectivity index (χ3v) is 15.4. The van der Waals surface area contributed by atoms with Crippen LogP contribution in [0, 0.1) is 47.3 Å². The topological polar surface area (TPSA) is 140 Å². The third-order valence-electron chi connectivity index (χ3n) is 14.4. The molecule has 8 bridgehead atoms. The Bertz CT molecular complexity index is 1290. The Morgan fingerprint density at radius 1 is 0.417 bits per heavy atom. The quantitative estimate of drug-likeness (QED) is 0.159. The summed E-state index contributed by atoms with van der Waals surface area (Å²) in [6.45, 7) is 0. The summed E-state index contributed by atoms with van der Waals surface area (Å²) in [6.07, 6.45) is 15.1. The molecular weight excluding hydrogens is 645 g/mol. The Morgan fingerprint density at radius 2 is 0.708 bits per heavy atom. The molecule has 0 aromatic carbocycles. The van der Waals surface area contributed by atoms with Crippen LogP contribution in [0.5, 0.6) is 0 Å². The van der Waals surface area contributed by atoms with E-state index in [1.54, 1.807) is 0 Å². The predicted octanol–water partition coefficient (Wildman–Crippen LogP) is 2.45. The fourth-order valence-electron chi connectivity index (χ4n) is 12.3. The molecule has 8 N–H and O–H groups in total. The molecule has 0 amide bonds. The number of alkyl halides is 3. The molecule has 11 nitrogen and oxygen atoms in total. The summed E-state index contributed by atoms with van der Waals surface area (Å²) in [5, 5.41) is 31.8. The summed E-state index contributed by atoms with van der Waals surface area (Å²) in [6, 6.07) is 0. The first-order valence-electron chi connectivity index (χ1n) is 19.2. The second-order valence-corrected chi connectivity index (χ2v) is 18.3. The number of halogens is 3. The molecule has 0 aromatic heterocycles. The van der Waals surface area contributed by atoms with Gasteiger partial charge >= 0.3 is 15.6 Å². The van der Waals surface area contributed by atoms with E-state index in [0.29, 0.717) is 41.9 Å². The van der Waals surface area contributed by atoms with Gasteiger partial charge < -0.3 is 0 Å². The zero-order valence-corrected chi connectivity index (χ0v) is 28.5. The molecule has 0 spiro atoms. The van der Waals surface area contributed by atoms with Crippen molar-refractivity contribution in [3.05, 3.63) is 0 Å². The van der Waals surface area contributed by atoms with E-state index in [9.17, 15) is 21.6 Å². The lowest BCUT2D eigenvalue weighted by molar-refractivity contribution is -0.0638. The Kier molecular flexibility index (Phi) is 8.86. The van der Waals surface area contributed by atoms with Crippen molar-refractivity contribution in [1.82, 2.24) is 42.5 Å². The van der Waals surface area contributed by atoms with Crippen LogP contribution in [0.3, 0.4) is 0 Å². The van der Waals surface area contributed by atoms with Crippen molar-refractivity contribution in [1.29, 1.82) is 0 Å². The first kappa shape index (κ1) is 33.2. The van der Waals surface area contributed by atoms with Gasteiger partial charge in [0.05, 0.1) is 55.4 Å². The zero-order chi connectivity index (χ0) is 32.8. The lowest BCUT2D eigenvalue weighted by Crippen LogP contribution is -2.62. The van der Waals surface area contributed by atoms with Crippen molar-refractivity contribution in [3.63, 3.8) is 0 Å². The molecule has 0 radical (unpaired) electrons. The van der Waals surface area contributed by atoms with Crippen LogP contribution >= 0.6 is 0 Å². The van der Waals surface area contributed by atoms with E-state index < -0.39 is 33.8 Å². The molecule has 4 aliphatic carbocycles. The van der Waals surface area contributed by atoms with Gasteiger partial charge in [0, 0.05) is 5.92 Å². The maximum Gasteiger partial charge on any atom is 0.523 e. The molecule has 0 aromatic rings. The standard InChI is InChI=1S/C33H55F3N8O3S/c34-33(35,36)48(45,46)47-23-15-7-14-22-24(23)32-43-30-21-13-6-5-12-20(21)28(41-30)39-26-17-9-2-1-8-16(17)25(37-26)38-27-18-10-3-4-11-19(18)29(40-27)42-31(22)44-32/h16-32,37-44H,1-15H2. The Hall–Kier alpha value is -0.620. The highest BCUT2D eigenvalue weighted by atomic mass is 32.2. The van der Waals surface area contributed by atoms with Crippen LogP contribution in [0.25, 0.3) is 0 Å². The van der Waals surface area contributed by atoms with Gasteiger partial charge in [0.15, 0.2) is 0 Å². The highest BCUT2D eigenvalue weighted by Gasteiger charge is 2.58. The van der Waals surface area contributed by atoms with Gasteiger partial charge in [-0.3, -0.25) is 46.7 Å². The molecule has 15 heteroatoms. The molecule has 48 heavy (non-hydrogen) atoms. The van der Waals surface area contributed by atoms with Gasteiger partial charge in [-0.1, -0.05) is 44.9 Å². The van der Waals surface area contributed by atoms with Gasteiger partial charge in [-0.25, -0.2) is 0 Å². The number of fused-ring (bicyclic) bond motifs is 20. The van der Waals surface area contributed by atoms with E-state index in [2.05, 4.69) is 42.5 Å². The van der Waals surface area contributed by atoms with E-state index in [0.717, 1.165) is 32.1 Å². The number of nitrogens with one attached hydrogen (secondary N) is 8. The maximum atomic E-state index is 13.6. The minimum atomic E-state index is -5.73. The van der Waals surface area contributed by atoms with Crippen molar-refractivity contribution >= 4 is 10.1 Å². The minimum Gasteiger partial charge on any atom is -0.286 e. The summed E-state index contributed by atoms with van der Waals surface area (Å²) in [7, 11) is -5.73.